The molecule has 0 unspecified atom stereocenters. The van der Waals surface area contributed by atoms with Crippen molar-refractivity contribution in [2.45, 2.75) is 44.7 Å². The van der Waals surface area contributed by atoms with Crippen LogP contribution in [0.2, 0.25) is 0 Å². The molecule has 1 saturated heterocycles. The van der Waals surface area contributed by atoms with Crippen LogP contribution in [0.3, 0.4) is 0 Å². The average Bonchev–Trinajstić information content (AvgIpc) is 3.04. The number of carbonyl (C=O) groups is 1. The average molecular weight is 440 g/mol. The molecular formula is C23H29N5O2S. The number of aromatic amines is 1. The molecule has 0 aliphatic carbocycles. The van der Waals surface area contributed by atoms with E-state index in [0.717, 1.165) is 59.8 Å². The van der Waals surface area contributed by atoms with Gasteiger partial charge in [0.25, 0.3) is 11.5 Å². The number of hydrogen-bond acceptors (Lipinski definition) is 5. The van der Waals surface area contributed by atoms with Crippen LogP contribution in [0.25, 0.3) is 11.0 Å². The zero-order valence-corrected chi connectivity index (χ0v) is 19.1. The molecule has 1 amide bonds. The molecule has 4 heterocycles. The number of pyridine rings is 2. The molecule has 0 bridgehead atoms. The Morgan fingerprint density at radius 3 is 2.84 bits per heavy atom. The molecule has 4 rings (SSSR count). The number of rotatable bonds is 6. The second kappa shape index (κ2) is 9.28. The summed E-state index contributed by atoms with van der Waals surface area (Å²) in [6.07, 6.45) is 5.96. The molecule has 3 aromatic rings. The summed E-state index contributed by atoms with van der Waals surface area (Å²) in [4.78, 5) is 34.0. The number of thioether (sulfide) groups is 1. The summed E-state index contributed by atoms with van der Waals surface area (Å²) in [6, 6.07) is 5.76. The van der Waals surface area contributed by atoms with Crippen molar-refractivity contribution in [2.75, 3.05) is 19.3 Å². The first-order valence-electron chi connectivity index (χ1n) is 10.7. The van der Waals surface area contributed by atoms with Crippen LogP contribution in [0.15, 0.2) is 34.1 Å². The van der Waals surface area contributed by atoms with Crippen LogP contribution < -0.4 is 16.2 Å². The molecule has 0 saturated carbocycles. The molecule has 31 heavy (non-hydrogen) atoms. The van der Waals surface area contributed by atoms with Gasteiger partial charge in [-0.15, -0.1) is 11.8 Å². The minimum absolute atomic E-state index is 0.156. The topological polar surface area (TPSA) is 91.8 Å². The molecule has 0 radical (unpaired) electrons. The maximum Gasteiger partial charge on any atom is 0.254 e. The molecule has 3 aromatic heterocycles. The SMILES string of the molecule is CSc1cc(C)[nH]c(=O)c1CNC(=O)c1c(C)n(CC2CCNCC2)c2ncccc12. The fraction of sp³-hybridized carbons (Fsp3) is 0.435. The number of hydrogen-bond donors (Lipinski definition) is 3. The van der Waals surface area contributed by atoms with Crippen LogP contribution in [0.5, 0.6) is 0 Å². The fourth-order valence-corrected chi connectivity index (χ4v) is 5.13. The van der Waals surface area contributed by atoms with Gasteiger partial charge < -0.3 is 20.2 Å². The lowest BCUT2D eigenvalue weighted by Gasteiger charge is -2.24. The molecule has 7 nitrogen and oxygen atoms in total. The van der Waals surface area contributed by atoms with E-state index in [1.165, 1.54) is 11.8 Å². The number of carbonyl (C=O) groups excluding carboxylic acids is 1. The van der Waals surface area contributed by atoms with Gasteiger partial charge in [-0.3, -0.25) is 9.59 Å². The highest BCUT2D eigenvalue weighted by Gasteiger charge is 2.23. The Morgan fingerprint density at radius 2 is 2.10 bits per heavy atom. The van der Waals surface area contributed by atoms with Gasteiger partial charge in [-0.05, 0) is 70.2 Å². The van der Waals surface area contributed by atoms with Crippen molar-refractivity contribution in [2.24, 2.45) is 5.92 Å². The van der Waals surface area contributed by atoms with Crippen molar-refractivity contribution < 1.29 is 4.79 Å². The normalized spacial score (nSPS) is 14.8. The van der Waals surface area contributed by atoms with Gasteiger partial charge in [-0.2, -0.15) is 0 Å². The number of nitrogens with zero attached hydrogens (tertiary/aromatic N) is 2. The van der Waals surface area contributed by atoms with Gasteiger partial charge in [0, 0.05) is 46.5 Å². The highest BCUT2D eigenvalue weighted by molar-refractivity contribution is 7.98. The molecular weight excluding hydrogens is 410 g/mol. The van der Waals surface area contributed by atoms with Gasteiger partial charge in [-0.25, -0.2) is 4.98 Å². The van der Waals surface area contributed by atoms with Crippen molar-refractivity contribution >= 4 is 28.7 Å². The number of aryl methyl sites for hydroxylation is 1. The summed E-state index contributed by atoms with van der Waals surface area (Å²) < 4.78 is 2.19. The lowest BCUT2D eigenvalue weighted by Crippen LogP contribution is -2.30. The highest BCUT2D eigenvalue weighted by atomic mass is 32.2. The lowest BCUT2D eigenvalue weighted by molar-refractivity contribution is 0.0951. The molecule has 1 fully saturated rings. The third kappa shape index (κ3) is 4.41. The first-order chi connectivity index (χ1) is 15.0. The van der Waals surface area contributed by atoms with E-state index in [-0.39, 0.29) is 18.0 Å². The van der Waals surface area contributed by atoms with Crippen LogP contribution in [0.1, 0.15) is 40.2 Å². The van der Waals surface area contributed by atoms with E-state index in [9.17, 15) is 9.59 Å². The summed E-state index contributed by atoms with van der Waals surface area (Å²) >= 11 is 1.51. The van der Waals surface area contributed by atoms with E-state index in [0.29, 0.717) is 17.0 Å². The van der Waals surface area contributed by atoms with Gasteiger partial charge in [-0.1, -0.05) is 0 Å². The summed E-state index contributed by atoms with van der Waals surface area (Å²) in [5.41, 5.74) is 3.66. The van der Waals surface area contributed by atoms with Crippen molar-refractivity contribution in [1.82, 2.24) is 25.2 Å². The van der Waals surface area contributed by atoms with E-state index in [4.69, 9.17) is 0 Å². The molecule has 0 aromatic carbocycles. The minimum Gasteiger partial charge on any atom is -0.348 e. The summed E-state index contributed by atoms with van der Waals surface area (Å²) in [6.45, 7) is 6.97. The van der Waals surface area contributed by atoms with Crippen molar-refractivity contribution in [3.05, 3.63) is 57.3 Å². The zero-order chi connectivity index (χ0) is 22.0. The number of H-pyrrole nitrogens is 1. The molecule has 3 N–H and O–H groups in total. The van der Waals surface area contributed by atoms with Crippen molar-refractivity contribution in [3.63, 3.8) is 0 Å². The Balaban J connectivity index is 1.63. The summed E-state index contributed by atoms with van der Waals surface area (Å²) in [5.74, 6) is 0.398. The third-order valence-electron chi connectivity index (χ3n) is 6.08. The van der Waals surface area contributed by atoms with Crippen LogP contribution in [-0.4, -0.2) is 39.8 Å². The summed E-state index contributed by atoms with van der Waals surface area (Å²) in [5, 5.41) is 7.24. The standard InChI is InChI=1S/C23H29N5O2S/c1-14-11-19(31-3)18(22(29)27-14)12-26-23(30)20-15(2)28(13-16-6-9-24-10-7-16)21-17(20)5-4-8-25-21/h4-5,8,11,16,24H,6-7,9-10,12-13H2,1-3H3,(H,26,30)(H,27,29). The van der Waals surface area contributed by atoms with Gasteiger partial charge in [0.1, 0.15) is 5.65 Å². The fourth-order valence-electron chi connectivity index (χ4n) is 4.42. The largest absolute Gasteiger partial charge is 0.348 e. The quantitative estimate of drug-likeness (QED) is 0.514. The second-order valence-electron chi connectivity index (χ2n) is 8.15. The highest BCUT2D eigenvalue weighted by Crippen LogP contribution is 2.27. The van der Waals surface area contributed by atoms with Gasteiger partial charge in [0.2, 0.25) is 0 Å². The molecule has 1 aliphatic rings. The lowest BCUT2D eigenvalue weighted by atomic mass is 9.98. The Morgan fingerprint density at radius 1 is 1.32 bits per heavy atom. The van der Waals surface area contributed by atoms with Crippen LogP contribution >= 0.6 is 11.8 Å². The van der Waals surface area contributed by atoms with Crippen LogP contribution in [0.4, 0.5) is 0 Å². The number of aromatic nitrogens is 3. The third-order valence-corrected chi connectivity index (χ3v) is 6.88. The summed E-state index contributed by atoms with van der Waals surface area (Å²) in [7, 11) is 0. The Kier molecular flexibility index (Phi) is 6.48. The van der Waals surface area contributed by atoms with E-state index in [1.54, 1.807) is 6.20 Å². The van der Waals surface area contributed by atoms with Crippen LogP contribution in [-0.2, 0) is 13.1 Å². The number of nitrogens with one attached hydrogen (secondary N) is 3. The second-order valence-corrected chi connectivity index (χ2v) is 9.00. The van der Waals surface area contributed by atoms with Crippen molar-refractivity contribution in [1.29, 1.82) is 0 Å². The Bertz CT molecular complexity index is 1160. The van der Waals surface area contributed by atoms with Gasteiger partial charge in [0.15, 0.2) is 0 Å². The maximum absolute atomic E-state index is 13.3. The molecule has 1 aliphatic heterocycles. The molecule has 8 heteroatoms. The number of fused-ring (bicyclic) bond motifs is 1. The van der Waals surface area contributed by atoms with Crippen molar-refractivity contribution in [3.8, 4) is 0 Å². The Labute approximate surface area is 186 Å². The van der Waals surface area contributed by atoms with E-state index >= 15 is 0 Å². The van der Waals surface area contributed by atoms with E-state index < -0.39 is 0 Å². The number of piperidine rings is 1. The zero-order valence-electron chi connectivity index (χ0n) is 18.2. The smallest absolute Gasteiger partial charge is 0.254 e. The van der Waals surface area contributed by atoms with Gasteiger partial charge >= 0.3 is 0 Å². The minimum atomic E-state index is -0.174. The van der Waals surface area contributed by atoms with E-state index in [2.05, 4.69) is 25.2 Å². The molecule has 0 atom stereocenters. The first kappa shape index (κ1) is 21.6. The maximum atomic E-state index is 13.3. The predicted molar refractivity (Wildman–Crippen MR) is 125 cm³/mol. The predicted octanol–water partition coefficient (Wildman–Crippen LogP) is 2.99. The Hall–Kier alpha value is -2.58. The van der Waals surface area contributed by atoms with Crippen LogP contribution in [0, 0.1) is 19.8 Å². The van der Waals surface area contributed by atoms with E-state index in [1.807, 2.05) is 38.3 Å². The van der Waals surface area contributed by atoms with Gasteiger partial charge in [0.05, 0.1) is 5.56 Å². The number of amides is 1. The molecule has 164 valence electrons. The molecule has 0 spiro atoms. The first-order valence-corrected chi connectivity index (χ1v) is 11.9. The monoisotopic (exact) mass is 439 g/mol.